The van der Waals surface area contributed by atoms with E-state index in [1.165, 1.54) is 22.2 Å². The molecule has 0 fully saturated rings. The molecule has 3 aromatic rings. The van der Waals surface area contributed by atoms with Crippen molar-refractivity contribution in [3.05, 3.63) is 51.9 Å². The van der Waals surface area contributed by atoms with Crippen LogP contribution in [-0.4, -0.2) is 22.6 Å². The predicted molar refractivity (Wildman–Crippen MR) is 99.6 cm³/mol. The van der Waals surface area contributed by atoms with Gasteiger partial charge in [-0.3, -0.25) is 14.2 Å². The number of carbonyl (C=O) groups excluding carboxylic acids is 1. The number of thiophene rings is 1. The first-order valence-corrected chi connectivity index (χ1v) is 8.80. The standard InChI is InChI=1S/C18H19N3O3S/c1-4-12-9-13-17(25-12)19-10-21(18(13)23)11(2)16(22)20-14-7-5-6-8-15(14)24-3/h5-11H,4H2,1-3H3,(H,20,22)/t11-/m1/s1. The molecule has 1 N–H and O–H groups in total. The zero-order valence-electron chi connectivity index (χ0n) is 14.3. The Bertz CT molecular complexity index is 977. The number of methoxy groups -OCH3 is 1. The Hall–Kier alpha value is -2.67. The van der Waals surface area contributed by atoms with Crippen LogP contribution in [0.2, 0.25) is 0 Å². The third-order valence-corrected chi connectivity index (χ3v) is 5.23. The van der Waals surface area contributed by atoms with Crippen LogP contribution in [0.25, 0.3) is 10.2 Å². The molecule has 1 amide bonds. The Balaban J connectivity index is 1.91. The van der Waals surface area contributed by atoms with Crippen molar-refractivity contribution in [3.8, 4) is 5.75 Å². The molecule has 0 aliphatic heterocycles. The predicted octanol–water partition coefficient (Wildman–Crippen LogP) is 3.23. The highest BCUT2D eigenvalue weighted by atomic mass is 32.1. The van der Waals surface area contributed by atoms with E-state index in [-0.39, 0.29) is 11.5 Å². The average molecular weight is 357 g/mol. The maximum absolute atomic E-state index is 12.7. The number of ether oxygens (including phenoxy) is 1. The van der Waals surface area contributed by atoms with E-state index < -0.39 is 6.04 Å². The van der Waals surface area contributed by atoms with E-state index in [0.29, 0.717) is 21.7 Å². The van der Waals surface area contributed by atoms with E-state index in [9.17, 15) is 9.59 Å². The lowest BCUT2D eigenvalue weighted by molar-refractivity contribution is -0.118. The lowest BCUT2D eigenvalue weighted by Gasteiger charge is -2.16. The van der Waals surface area contributed by atoms with Gasteiger partial charge in [0.25, 0.3) is 5.56 Å². The molecule has 25 heavy (non-hydrogen) atoms. The van der Waals surface area contributed by atoms with Gasteiger partial charge in [0.1, 0.15) is 16.6 Å². The van der Waals surface area contributed by atoms with Gasteiger partial charge in [-0.15, -0.1) is 11.3 Å². The number of benzene rings is 1. The van der Waals surface area contributed by atoms with Gasteiger partial charge >= 0.3 is 0 Å². The molecule has 0 unspecified atom stereocenters. The number of hydrogen-bond acceptors (Lipinski definition) is 5. The number of nitrogens with one attached hydrogen (secondary N) is 1. The third kappa shape index (κ3) is 3.28. The third-order valence-electron chi connectivity index (χ3n) is 4.04. The topological polar surface area (TPSA) is 73.2 Å². The molecule has 0 aliphatic carbocycles. The molecule has 0 aliphatic rings. The second-order valence-corrected chi connectivity index (χ2v) is 6.72. The Morgan fingerprint density at radius 2 is 2.16 bits per heavy atom. The Kier molecular flexibility index (Phi) is 4.85. The van der Waals surface area contributed by atoms with Gasteiger partial charge in [-0.2, -0.15) is 0 Å². The highest BCUT2D eigenvalue weighted by Crippen LogP contribution is 2.25. The van der Waals surface area contributed by atoms with Gasteiger partial charge in [0.2, 0.25) is 5.91 Å². The summed E-state index contributed by atoms with van der Waals surface area (Å²) < 4.78 is 6.59. The van der Waals surface area contributed by atoms with Crippen LogP contribution in [0.1, 0.15) is 24.8 Å². The quantitative estimate of drug-likeness (QED) is 0.761. The number of anilines is 1. The fraction of sp³-hybridized carbons (Fsp3) is 0.278. The number of fused-ring (bicyclic) bond motifs is 1. The van der Waals surface area contributed by atoms with Crippen LogP contribution in [-0.2, 0) is 11.2 Å². The fourth-order valence-corrected chi connectivity index (χ4v) is 3.47. The highest BCUT2D eigenvalue weighted by molar-refractivity contribution is 7.18. The summed E-state index contributed by atoms with van der Waals surface area (Å²) in [7, 11) is 1.54. The van der Waals surface area contributed by atoms with Gasteiger partial charge in [-0.25, -0.2) is 4.98 Å². The zero-order valence-corrected chi connectivity index (χ0v) is 15.1. The SMILES string of the molecule is CCc1cc2c(=O)n([C@H](C)C(=O)Nc3ccccc3OC)cnc2s1. The normalized spacial score (nSPS) is 12.1. The van der Waals surface area contributed by atoms with Crippen LogP contribution in [0.5, 0.6) is 5.75 Å². The smallest absolute Gasteiger partial charge is 0.262 e. The number of aromatic nitrogens is 2. The van der Waals surface area contributed by atoms with E-state index >= 15 is 0 Å². The molecule has 1 atom stereocenters. The van der Waals surface area contributed by atoms with E-state index in [2.05, 4.69) is 10.3 Å². The van der Waals surface area contributed by atoms with Gasteiger partial charge < -0.3 is 10.1 Å². The number of rotatable bonds is 5. The highest BCUT2D eigenvalue weighted by Gasteiger charge is 2.19. The molecule has 0 saturated heterocycles. The van der Waals surface area contributed by atoms with Gasteiger partial charge in [0, 0.05) is 4.88 Å². The number of amides is 1. The Morgan fingerprint density at radius 1 is 1.40 bits per heavy atom. The summed E-state index contributed by atoms with van der Waals surface area (Å²) in [6.45, 7) is 3.71. The molecule has 2 heterocycles. The monoisotopic (exact) mass is 357 g/mol. The molecule has 0 bridgehead atoms. The fourth-order valence-electron chi connectivity index (χ4n) is 2.55. The van der Waals surface area contributed by atoms with Crippen molar-refractivity contribution >= 4 is 33.1 Å². The first-order valence-electron chi connectivity index (χ1n) is 7.98. The van der Waals surface area contributed by atoms with Gasteiger partial charge in [-0.1, -0.05) is 19.1 Å². The van der Waals surface area contributed by atoms with Crippen molar-refractivity contribution < 1.29 is 9.53 Å². The van der Waals surface area contributed by atoms with Crippen LogP contribution in [0.4, 0.5) is 5.69 Å². The maximum atomic E-state index is 12.7. The largest absolute Gasteiger partial charge is 0.495 e. The number of hydrogen-bond donors (Lipinski definition) is 1. The zero-order chi connectivity index (χ0) is 18.0. The summed E-state index contributed by atoms with van der Waals surface area (Å²) in [6.07, 6.45) is 2.29. The molecule has 0 spiro atoms. The van der Waals surface area contributed by atoms with Crippen LogP contribution in [0.3, 0.4) is 0 Å². The van der Waals surface area contributed by atoms with Crippen molar-refractivity contribution in [2.45, 2.75) is 26.3 Å². The maximum Gasteiger partial charge on any atom is 0.262 e. The van der Waals surface area contributed by atoms with Crippen molar-refractivity contribution in [1.82, 2.24) is 9.55 Å². The van der Waals surface area contributed by atoms with Gasteiger partial charge in [0.05, 0.1) is 24.5 Å². The second-order valence-electron chi connectivity index (χ2n) is 5.61. The van der Waals surface area contributed by atoms with Crippen LogP contribution in [0, 0.1) is 0 Å². The number of aryl methyl sites for hydroxylation is 1. The van der Waals surface area contributed by atoms with Crippen LogP contribution in [0.15, 0.2) is 41.5 Å². The van der Waals surface area contributed by atoms with Crippen molar-refractivity contribution in [2.24, 2.45) is 0 Å². The molecule has 1 aromatic carbocycles. The molecule has 7 heteroatoms. The molecular formula is C18H19N3O3S. The second kappa shape index (κ2) is 7.06. The molecule has 0 radical (unpaired) electrons. The first kappa shape index (κ1) is 17.2. The van der Waals surface area contributed by atoms with Crippen molar-refractivity contribution in [3.63, 3.8) is 0 Å². The Morgan fingerprint density at radius 3 is 2.88 bits per heavy atom. The summed E-state index contributed by atoms with van der Waals surface area (Å²) in [5.74, 6) is 0.257. The lowest BCUT2D eigenvalue weighted by Crippen LogP contribution is -2.31. The minimum atomic E-state index is -0.695. The summed E-state index contributed by atoms with van der Waals surface area (Å²) in [4.78, 5) is 31.4. The molecule has 6 nitrogen and oxygen atoms in total. The van der Waals surface area contributed by atoms with E-state index in [0.717, 1.165) is 11.3 Å². The lowest BCUT2D eigenvalue weighted by atomic mass is 10.2. The molecule has 130 valence electrons. The molecule has 3 rings (SSSR count). The number of nitrogens with zero attached hydrogens (tertiary/aromatic N) is 2. The minimum Gasteiger partial charge on any atom is -0.495 e. The van der Waals surface area contributed by atoms with Crippen molar-refractivity contribution in [1.29, 1.82) is 0 Å². The first-order chi connectivity index (χ1) is 12.0. The molecule has 2 aromatic heterocycles. The van der Waals surface area contributed by atoms with Crippen LogP contribution >= 0.6 is 11.3 Å². The molecular weight excluding hydrogens is 338 g/mol. The van der Waals surface area contributed by atoms with Gasteiger partial charge in [0.15, 0.2) is 0 Å². The molecule has 0 saturated carbocycles. The average Bonchev–Trinajstić information content (AvgIpc) is 3.06. The van der Waals surface area contributed by atoms with Gasteiger partial charge in [-0.05, 0) is 31.5 Å². The van der Waals surface area contributed by atoms with E-state index in [1.54, 1.807) is 32.2 Å². The summed E-state index contributed by atoms with van der Waals surface area (Å²) in [5.41, 5.74) is 0.358. The summed E-state index contributed by atoms with van der Waals surface area (Å²) in [5, 5.41) is 3.36. The van der Waals surface area contributed by atoms with Crippen molar-refractivity contribution in [2.75, 3.05) is 12.4 Å². The van der Waals surface area contributed by atoms with Crippen LogP contribution < -0.4 is 15.6 Å². The Labute approximate surface area is 149 Å². The van der Waals surface area contributed by atoms with E-state index in [1.807, 2.05) is 19.1 Å². The summed E-state index contributed by atoms with van der Waals surface area (Å²) >= 11 is 1.51. The minimum absolute atomic E-state index is 0.205. The number of para-hydroxylation sites is 2. The number of carbonyl (C=O) groups is 1. The summed E-state index contributed by atoms with van der Waals surface area (Å²) in [6, 6.07) is 8.30. The van der Waals surface area contributed by atoms with E-state index in [4.69, 9.17) is 4.74 Å².